The molecule has 3 aliphatic heterocycles. The van der Waals surface area contributed by atoms with Crippen molar-refractivity contribution >= 4 is 63.5 Å². The summed E-state index contributed by atoms with van der Waals surface area (Å²) in [5, 5.41) is 31.1. The molecule has 0 spiro atoms. The van der Waals surface area contributed by atoms with Crippen molar-refractivity contribution in [1.82, 2.24) is 20.5 Å². The molecule has 4 rings (SSSR count). The van der Waals surface area contributed by atoms with Crippen molar-refractivity contribution in [2.75, 3.05) is 24.6 Å². The van der Waals surface area contributed by atoms with Crippen molar-refractivity contribution in [3.05, 3.63) is 33.8 Å². The number of nitrogens with one attached hydrogen (secondary N) is 2. The number of rotatable bonds is 7. The van der Waals surface area contributed by atoms with Gasteiger partial charge < -0.3 is 26.7 Å². The van der Waals surface area contributed by atoms with Gasteiger partial charge in [-0.1, -0.05) is 5.16 Å². The molecular formula is C18H20N6O5S3. The number of thioether (sulfide) groups is 2. The van der Waals surface area contributed by atoms with Crippen LogP contribution < -0.4 is 16.4 Å². The number of amides is 2. The van der Waals surface area contributed by atoms with Crippen molar-refractivity contribution < 1.29 is 24.7 Å². The van der Waals surface area contributed by atoms with Gasteiger partial charge in [-0.2, -0.15) is 0 Å². The number of β-lactam (4-membered cyclic amide) rings is 1. The van der Waals surface area contributed by atoms with Crippen molar-refractivity contribution in [1.29, 1.82) is 0 Å². The van der Waals surface area contributed by atoms with Crippen molar-refractivity contribution in [2.24, 2.45) is 5.16 Å². The zero-order valence-corrected chi connectivity index (χ0v) is 19.0. The Morgan fingerprint density at radius 3 is 2.91 bits per heavy atom. The minimum atomic E-state index is -1.20. The van der Waals surface area contributed by atoms with E-state index in [2.05, 4.69) is 20.8 Å². The van der Waals surface area contributed by atoms with Gasteiger partial charge in [0.1, 0.15) is 22.8 Å². The van der Waals surface area contributed by atoms with Crippen LogP contribution in [-0.4, -0.2) is 79.2 Å². The molecule has 2 fully saturated rings. The number of carboxylic acid groups (broad SMARTS) is 1. The van der Waals surface area contributed by atoms with Gasteiger partial charge >= 0.3 is 5.97 Å². The Balaban J connectivity index is 1.46. The number of thiazole rings is 1. The first-order chi connectivity index (χ1) is 15.4. The van der Waals surface area contributed by atoms with E-state index in [4.69, 9.17) is 5.73 Å². The summed E-state index contributed by atoms with van der Waals surface area (Å²) >= 11 is 4.07. The lowest BCUT2D eigenvalue weighted by Crippen LogP contribution is -2.71. The number of anilines is 1. The highest BCUT2D eigenvalue weighted by molar-refractivity contribution is 8.02. The van der Waals surface area contributed by atoms with Gasteiger partial charge in [-0.25, -0.2) is 9.78 Å². The zero-order valence-electron chi connectivity index (χ0n) is 16.6. The molecule has 0 radical (unpaired) electrons. The van der Waals surface area contributed by atoms with Crippen molar-refractivity contribution in [3.8, 4) is 0 Å². The number of aromatic nitrogens is 1. The molecule has 2 amide bonds. The number of fused-ring (bicyclic) bond motifs is 1. The Morgan fingerprint density at radius 2 is 2.28 bits per heavy atom. The highest BCUT2D eigenvalue weighted by atomic mass is 32.2. The van der Waals surface area contributed by atoms with Crippen LogP contribution in [0.4, 0.5) is 5.13 Å². The summed E-state index contributed by atoms with van der Waals surface area (Å²) in [5.41, 5.74) is 5.73. The first-order valence-electron chi connectivity index (χ1n) is 9.59. The fourth-order valence-electron chi connectivity index (χ4n) is 3.57. The van der Waals surface area contributed by atoms with E-state index in [0.717, 1.165) is 30.8 Å². The Labute approximate surface area is 195 Å². The number of carbonyl (C=O) groups is 3. The summed E-state index contributed by atoms with van der Waals surface area (Å²) in [4.78, 5) is 42.3. The maximum atomic E-state index is 12.8. The van der Waals surface area contributed by atoms with E-state index < -0.39 is 29.2 Å². The highest BCUT2D eigenvalue weighted by Gasteiger charge is 2.54. The van der Waals surface area contributed by atoms with E-state index in [9.17, 15) is 24.7 Å². The van der Waals surface area contributed by atoms with E-state index in [1.807, 2.05) is 5.41 Å². The molecule has 3 atom stereocenters. The van der Waals surface area contributed by atoms with Gasteiger partial charge in [0.2, 0.25) is 0 Å². The average molecular weight is 497 g/mol. The van der Waals surface area contributed by atoms with Crippen LogP contribution >= 0.6 is 34.9 Å². The lowest BCUT2D eigenvalue weighted by Gasteiger charge is -2.49. The number of aliphatic carboxylic acids is 1. The smallest absolute Gasteiger partial charge is 0.352 e. The van der Waals surface area contributed by atoms with Crippen LogP contribution in [0.1, 0.15) is 12.1 Å². The van der Waals surface area contributed by atoms with Gasteiger partial charge in [0.05, 0.1) is 0 Å². The topological polar surface area (TPSA) is 170 Å². The summed E-state index contributed by atoms with van der Waals surface area (Å²) in [6, 6.07) is -0.945. The molecule has 3 aliphatic rings. The minimum absolute atomic E-state index is 0.0750. The maximum absolute atomic E-state index is 12.8. The Bertz CT molecular complexity index is 1030. The molecule has 4 heterocycles. The Hall–Kier alpha value is -2.55. The van der Waals surface area contributed by atoms with E-state index in [1.165, 1.54) is 22.0 Å². The molecular weight excluding hydrogens is 476 g/mol. The monoisotopic (exact) mass is 496 g/mol. The Morgan fingerprint density at radius 1 is 1.47 bits per heavy atom. The maximum Gasteiger partial charge on any atom is 0.352 e. The second kappa shape index (κ2) is 9.52. The largest absolute Gasteiger partial charge is 0.477 e. The molecule has 2 saturated heterocycles. The predicted molar refractivity (Wildman–Crippen MR) is 123 cm³/mol. The van der Waals surface area contributed by atoms with E-state index >= 15 is 0 Å². The second-order valence-corrected chi connectivity index (χ2v) is 10.3. The predicted octanol–water partition coefficient (Wildman–Crippen LogP) is 0.251. The van der Waals surface area contributed by atoms with E-state index in [0.29, 0.717) is 16.6 Å². The molecule has 11 nitrogen and oxygen atoms in total. The number of nitrogens with two attached hydrogens (primary N) is 1. The summed E-state index contributed by atoms with van der Waals surface area (Å²) in [7, 11) is 0. The number of nitrogen functional groups attached to an aromatic ring is 1. The third kappa shape index (κ3) is 4.35. The van der Waals surface area contributed by atoms with Crippen LogP contribution in [0.3, 0.4) is 0 Å². The number of hydrogen-bond acceptors (Lipinski definition) is 11. The molecule has 14 heteroatoms. The molecule has 0 saturated carbocycles. The number of hydrogen-bond donors (Lipinski definition) is 5. The Kier molecular flexibility index (Phi) is 6.74. The number of oxime groups is 1. The third-order valence-corrected chi connectivity index (χ3v) is 8.18. The van der Waals surface area contributed by atoms with Gasteiger partial charge in [-0.15, -0.1) is 34.9 Å². The lowest BCUT2D eigenvalue weighted by atomic mass is 10.0. The summed E-state index contributed by atoms with van der Waals surface area (Å²) in [6.45, 7) is 1.88. The quantitative estimate of drug-likeness (QED) is 0.153. The standard InChI is InChI=1S/C18H20N6O5S3/c19-18-21-10(7-32-18)11(23-29)14(25)22-12-15(26)24-13(17(27)28)8(6-31-16(12)24)2-4-30-9-1-3-20-5-9/h2,4,7,9,12,16,20,29H,1,3,5-6H2,(H2,19,21)(H,22,25)(H,27,28)/b4-2+,23-11?/t9-,12-,16-/m1/s1. The highest BCUT2D eigenvalue weighted by Crippen LogP contribution is 2.41. The molecule has 0 aliphatic carbocycles. The third-order valence-electron chi connectivity index (χ3n) is 5.12. The van der Waals surface area contributed by atoms with Crippen LogP contribution in [0.25, 0.3) is 0 Å². The molecule has 6 N–H and O–H groups in total. The van der Waals surface area contributed by atoms with Gasteiger partial charge in [0, 0.05) is 22.9 Å². The van der Waals surface area contributed by atoms with Crippen molar-refractivity contribution in [3.63, 3.8) is 0 Å². The van der Waals surface area contributed by atoms with E-state index in [-0.39, 0.29) is 22.2 Å². The van der Waals surface area contributed by atoms with Crippen LogP contribution in [-0.2, 0) is 14.4 Å². The molecule has 0 aromatic carbocycles. The normalized spacial score (nSPS) is 25.8. The van der Waals surface area contributed by atoms with Gasteiger partial charge in [-0.3, -0.25) is 14.5 Å². The molecule has 170 valence electrons. The van der Waals surface area contributed by atoms with Crippen LogP contribution in [0.5, 0.6) is 0 Å². The summed E-state index contributed by atoms with van der Waals surface area (Å²) in [6.07, 6.45) is 2.80. The van der Waals surface area contributed by atoms with Crippen molar-refractivity contribution in [2.45, 2.75) is 23.1 Å². The second-order valence-electron chi connectivity index (χ2n) is 7.11. The number of carbonyl (C=O) groups excluding carboxylic acids is 2. The SMILES string of the molecule is Nc1nc(C(=NO)C(=O)N[C@@H]2C(=O)N3C(C(=O)O)=C(/C=C/S[C@@H]4CCNC4)CS[C@H]23)cs1. The van der Waals surface area contributed by atoms with Gasteiger partial charge in [-0.05, 0) is 30.0 Å². The molecule has 0 bridgehead atoms. The number of allylic oxidation sites excluding steroid dienone is 1. The van der Waals surface area contributed by atoms with Gasteiger partial charge in [0.25, 0.3) is 11.8 Å². The molecule has 32 heavy (non-hydrogen) atoms. The van der Waals surface area contributed by atoms with E-state index in [1.54, 1.807) is 17.8 Å². The minimum Gasteiger partial charge on any atom is -0.477 e. The number of nitrogens with zero attached hydrogens (tertiary/aromatic N) is 3. The zero-order chi connectivity index (χ0) is 22.8. The van der Waals surface area contributed by atoms with Crippen LogP contribution in [0.15, 0.2) is 33.3 Å². The van der Waals surface area contributed by atoms with Crippen LogP contribution in [0, 0.1) is 0 Å². The summed E-state index contributed by atoms with van der Waals surface area (Å²) in [5.74, 6) is -2.16. The van der Waals surface area contributed by atoms with Crippen LogP contribution in [0.2, 0.25) is 0 Å². The molecule has 0 unspecified atom stereocenters. The molecule has 1 aromatic heterocycles. The molecule has 1 aromatic rings. The first kappa shape index (κ1) is 22.6. The van der Waals surface area contributed by atoms with Gasteiger partial charge in [0.15, 0.2) is 10.8 Å². The lowest BCUT2D eigenvalue weighted by molar-refractivity contribution is -0.150. The average Bonchev–Trinajstić information content (AvgIpc) is 3.44. The summed E-state index contributed by atoms with van der Waals surface area (Å²) < 4.78 is 0. The fourth-order valence-corrected chi connectivity index (χ4v) is 6.37. The number of carboxylic acids is 1. The first-order valence-corrected chi connectivity index (χ1v) is 12.5. The fraction of sp³-hybridized carbons (Fsp3) is 0.389.